The molecule has 0 spiro atoms. The number of hydrogen-bond acceptors (Lipinski definition) is 4. The van der Waals surface area contributed by atoms with Crippen molar-refractivity contribution in [3.8, 4) is 0 Å². The highest BCUT2D eigenvalue weighted by Gasteiger charge is 2.33. The van der Waals surface area contributed by atoms with Crippen LogP contribution < -0.4 is 10.6 Å². The van der Waals surface area contributed by atoms with E-state index in [1.54, 1.807) is 6.20 Å². The Morgan fingerprint density at radius 3 is 2.87 bits per heavy atom. The van der Waals surface area contributed by atoms with Crippen LogP contribution in [0.25, 0.3) is 0 Å². The van der Waals surface area contributed by atoms with Crippen molar-refractivity contribution in [2.75, 3.05) is 18.5 Å². The molecule has 1 heterocycles. The van der Waals surface area contributed by atoms with Crippen molar-refractivity contribution in [3.63, 3.8) is 0 Å². The monoisotopic (exact) mass is 206 g/mol. The summed E-state index contributed by atoms with van der Waals surface area (Å²) in [5.74, 6) is 1.53. The zero-order valence-electron chi connectivity index (χ0n) is 9.35. The molecule has 0 saturated heterocycles. The Morgan fingerprint density at radius 1 is 1.60 bits per heavy atom. The predicted octanol–water partition coefficient (Wildman–Crippen LogP) is 0.959. The molecule has 0 aromatic carbocycles. The van der Waals surface area contributed by atoms with Crippen molar-refractivity contribution in [2.45, 2.75) is 25.8 Å². The van der Waals surface area contributed by atoms with Crippen LogP contribution in [0.3, 0.4) is 0 Å². The third-order valence-electron chi connectivity index (χ3n) is 3.00. The molecular weight excluding hydrogens is 188 g/mol. The first-order valence-corrected chi connectivity index (χ1v) is 5.45. The second-order valence-corrected chi connectivity index (χ2v) is 4.25. The lowest BCUT2D eigenvalue weighted by atomic mass is 10.1. The quantitative estimate of drug-likeness (QED) is 0.797. The van der Waals surface area contributed by atoms with Crippen LogP contribution in [0.5, 0.6) is 0 Å². The number of likely N-dealkylation sites (N-methyl/N-ethyl adjacent to an activating group) is 1. The minimum atomic E-state index is 0.395. The summed E-state index contributed by atoms with van der Waals surface area (Å²) in [6.45, 7) is 2.66. The van der Waals surface area contributed by atoms with E-state index in [9.17, 15) is 0 Å². The average molecular weight is 206 g/mol. The molecule has 1 atom stereocenters. The molecule has 1 aliphatic carbocycles. The number of aryl methyl sites for hydroxylation is 1. The van der Waals surface area contributed by atoms with Crippen molar-refractivity contribution >= 4 is 5.95 Å². The second kappa shape index (κ2) is 4.14. The lowest BCUT2D eigenvalue weighted by Gasteiger charge is -2.27. The maximum atomic E-state index is 5.79. The third-order valence-corrected chi connectivity index (χ3v) is 3.00. The molecule has 1 unspecified atom stereocenters. The van der Waals surface area contributed by atoms with Gasteiger partial charge in [-0.25, -0.2) is 9.97 Å². The molecule has 1 aromatic rings. The van der Waals surface area contributed by atoms with E-state index in [0.29, 0.717) is 12.6 Å². The fourth-order valence-electron chi connectivity index (χ4n) is 1.90. The van der Waals surface area contributed by atoms with Crippen LogP contribution in [0.15, 0.2) is 12.3 Å². The van der Waals surface area contributed by atoms with Crippen molar-refractivity contribution in [1.29, 1.82) is 0 Å². The van der Waals surface area contributed by atoms with Crippen LogP contribution >= 0.6 is 0 Å². The molecule has 2 N–H and O–H groups in total. The molecule has 0 aliphatic heterocycles. The highest BCUT2D eigenvalue weighted by Crippen LogP contribution is 2.35. The van der Waals surface area contributed by atoms with Gasteiger partial charge in [-0.15, -0.1) is 0 Å². The van der Waals surface area contributed by atoms with Crippen molar-refractivity contribution < 1.29 is 0 Å². The summed E-state index contributed by atoms with van der Waals surface area (Å²) in [5.41, 5.74) is 6.79. The molecule has 0 radical (unpaired) electrons. The van der Waals surface area contributed by atoms with Gasteiger partial charge in [-0.3, -0.25) is 0 Å². The van der Waals surface area contributed by atoms with E-state index in [2.05, 4.69) is 14.9 Å². The van der Waals surface area contributed by atoms with Gasteiger partial charge in [0, 0.05) is 31.5 Å². The van der Waals surface area contributed by atoms with E-state index in [-0.39, 0.29) is 0 Å². The molecule has 2 rings (SSSR count). The maximum absolute atomic E-state index is 5.79. The molecule has 4 nitrogen and oxygen atoms in total. The summed E-state index contributed by atoms with van der Waals surface area (Å²) >= 11 is 0. The van der Waals surface area contributed by atoms with Crippen molar-refractivity contribution in [1.82, 2.24) is 9.97 Å². The number of aromatic nitrogens is 2. The van der Waals surface area contributed by atoms with Gasteiger partial charge in [0.25, 0.3) is 0 Å². The van der Waals surface area contributed by atoms with Gasteiger partial charge >= 0.3 is 0 Å². The van der Waals surface area contributed by atoms with Crippen LogP contribution in [0.4, 0.5) is 5.95 Å². The standard InChI is InChI=1S/C11H18N4/c1-8-5-6-13-11(14-8)15(2)10(7-12)9-3-4-9/h5-6,9-10H,3-4,7,12H2,1-2H3. The van der Waals surface area contributed by atoms with Gasteiger partial charge in [0.15, 0.2) is 0 Å². The summed E-state index contributed by atoms with van der Waals surface area (Å²) < 4.78 is 0. The number of hydrogen-bond donors (Lipinski definition) is 1. The Kier molecular flexibility index (Phi) is 2.86. The minimum Gasteiger partial charge on any atom is -0.339 e. The van der Waals surface area contributed by atoms with Gasteiger partial charge in [0.1, 0.15) is 0 Å². The minimum absolute atomic E-state index is 0.395. The van der Waals surface area contributed by atoms with Gasteiger partial charge in [-0.1, -0.05) is 0 Å². The molecule has 4 heteroatoms. The van der Waals surface area contributed by atoms with Crippen LogP contribution in [0, 0.1) is 12.8 Å². The SMILES string of the molecule is Cc1ccnc(N(C)C(CN)C2CC2)n1. The van der Waals surface area contributed by atoms with Gasteiger partial charge in [0.05, 0.1) is 0 Å². The molecule has 0 bridgehead atoms. The third kappa shape index (κ3) is 2.26. The van der Waals surface area contributed by atoms with Gasteiger partial charge in [0.2, 0.25) is 5.95 Å². The Labute approximate surface area is 90.5 Å². The molecule has 1 saturated carbocycles. The summed E-state index contributed by atoms with van der Waals surface area (Å²) in [5, 5.41) is 0. The Morgan fingerprint density at radius 2 is 2.33 bits per heavy atom. The zero-order valence-corrected chi connectivity index (χ0v) is 9.35. The van der Waals surface area contributed by atoms with E-state index in [4.69, 9.17) is 5.73 Å². The fraction of sp³-hybridized carbons (Fsp3) is 0.636. The van der Waals surface area contributed by atoms with Crippen molar-refractivity contribution in [3.05, 3.63) is 18.0 Å². The van der Waals surface area contributed by atoms with Crippen LogP contribution in [0.2, 0.25) is 0 Å². The van der Waals surface area contributed by atoms with Crippen LogP contribution in [0.1, 0.15) is 18.5 Å². The lowest BCUT2D eigenvalue weighted by molar-refractivity contribution is 0.560. The average Bonchev–Trinajstić information content (AvgIpc) is 3.03. The van der Waals surface area contributed by atoms with E-state index in [0.717, 1.165) is 17.6 Å². The highest BCUT2D eigenvalue weighted by molar-refractivity contribution is 5.31. The lowest BCUT2D eigenvalue weighted by Crippen LogP contribution is -2.40. The number of nitrogens with two attached hydrogens (primary N) is 1. The largest absolute Gasteiger partial charge is 0.339 e. The van der Waals surface area contributed by atoms with Crippen LogP contribution in [-0.4, -0.2) is 29.6 Å². The first-order chi connectivity index (χ1) is 7.22. The Bertz CT molecular complexity index is 335. The second-order valence-electron chi connectivity index (χ2n) is 4.25. The first kappa shape index (κ1) is 10.4. The normalized spacial score (nSPS) is 17.5. The Balaban J connectivity index is 2.14. The van der Waals surface area contributed by atoms with Gasteiger partial charge in [-0.05, 0) is 31.7 Å². The van der Waals surface area contributed by atoms with Gasteiger partial charge in [-0.2, -0.15) is 0 Å². The number of anilines is 1. The van der Waals surface area contributed by atoms with Crippen LogP contribution in [-0.2, 0) is 0 Å². The van der Waals surface area contributed by atoms with E-state index >= 15 is 0 Å². The first-order valence-electron chi connectivity index (χ1n) is 5.45. The predicted molar refractivity (Wildman–Crippen MR) is 60.7 cm³/mol. The molecule has 0 amide bonds. The molecular formula is C11H18N4. The topological polar surface area (TPSA) is 55.0 Å². The molecule has 1 aromatic heterocycles. The molecule has 82 valence electrons. The van der Waals surface area contributed by atoms with Gasteiger partial charge < -0.3 is 10.6 Å². The molecule has 1 fully saturated rings. The number of rotatable bonds is 4. The zero-order chi connectivity index (χ0) is 10.8. The number of nitrogens with zero attached hydrogens (tertiary/aromatic N) is 3. The summed E-state index contributed by atoms with van der Waals surface area (Å²) in [7, 11) is 2.03. The fourth-order valence-corrected chi connectivity index (χ4v) is 1.90. The van der Waals surface area contributed by atoms with E-state index < -0.39 is 0 Å². The Hall–Kier alpha value is -1.16. The molecule has 1 aliphatic rings. The van der Waals surface area contributed by atoms with E-state index in [1.165, 1.54) is 12.8 Å². The summed E-state index contributed by atoms with van der Waals surface area (Å²) in [6.07, 6.45) is 4.38. The maximum Gasteiger partial charge on any atom is 0.225 e. The smallest absolute Gasteiger partial charge is 0.225 e. The molecule has 15 heavy (non-hydrogen) atoms. The summed E-state index contributed by atoms with van der Waals surface area (Å²) in [4.78, 5) is 10.8. The van der Waals surface area contributed by atoms with E-state index in [1.807, 2.05) is 20.0 Å². The van der Waals surface area contributed by atoms with Crippen molar-refractivity contribution in [2.24, 2.45) is 11.7 Å². The summed E-state index contributed by atoms with van der Waals surface area (Å²) in [6, 6.07) is 2.30. The highest BCUT2D eigenvalue weighted by atomic mass is 15.3.